The molecular formula is C11H18N2O2. The van der Waals surface area contributed by atoms with Gasteiger partial charge in [-0.1, -0.05) is 12.8 Å². The zero-order valence-corrected chi connectivity index (χ0v) is 9.16. The number of hydrogen-bond donors (Lipinski definition) is 1. The second-order valence-corrected chi connectivity index (χ2v) is 3.60. The number of hydrogen-bond acceptors (Lipinski definition) is 3. The first-order valence-electron chi connectivity index (χ1n) is 5.30. The van der Waals surface area contributed by atoms with Crippen molar-refractivity contribution in [1.29, 1.82) is 5.26 Å². The zero-order valence-electron chi connectivity index (χ0n) is 9.16. The van der Waals surface area contributed by atoms with E-state index in [9.17, 15) is 9.59 Å². The van der Waals surface area contributed by atoms with Gasteiger partial charge < -0.3 is 10.1 Å². The third-order valence-corrected chi connectivity index (χ3v) is 2.14. The number of carbonyl (C=O) groups is 2. The Morgan fingerprint density at radius 2 is 2.20 bits per heavy atom. The topological polar surface area (TPSA) is 70.0 Å². The van der Waals surface area contributed by atoms with Crippen LogP contribution in [-0.4, -0.2) is 18.7 Å². The average molecular weight is 210 g/mol. The maximum atomic E-state index is 11.0. The zero-order chi connectivity index (χ0) is 11.5. The van der Waals surface area contributed by atoms with Crippen LogP contribution in [0.1, 0.15) is 39.0 Å². The van der Waals surface area contributed by atoms with E-state index < -0.39 is 0 Å². The number of aldehydes is 1. The Kier molecular flexibility index (Phi) is 8.36. The Labute approximate surface area is 90.7 Å². The standard InChI is InChI=1S/C11H18N2O2/c1-10(9-12)5-3-2-4-6-11(15)13-7-8-14/h8,10H,2-7H2,1H3,(H,13,15). The summed E-state index contributed by atoms with van der Waals surface area (Å²) in [6, 6.07) is 2.17. The lowest BCUT2D eigenvalue weighted by atomic mass is 10.0. The van der Waals surface area contributed by atoms with Gasteiger partial charge in [0.15, 0.2) is 0 Å². The average Bonchev–Trinajstić information content (AvgIpc) is 2.25. The lowest BCUT2D eigenvalue weighted by Crippen LogP contribution is -2.24. The van der Waals surface area contributed by atoms with Crippen molar-refractivity contribution in [2.75, 3.05) is 6.54 Å². The summed E-state index contributed by atoms with van der Waals surface area (Å²) in [6.07, 6.45) is 4.80. The number of nitrogens with zero attached hydrogens (tertiary/aromatic N) is 1. The number of nitrogens with one attached hydrogen (secondary N) is 1. The van der Waals surface area contributed by atoms with Crippen molar-refractivity contribution in [3.05, 3.63) is 0 Å². The predicted molar refractivity (Wildman–Crippen MR) is 56.9 cm³/mol. The van der Waals surface area contributed by atoms with Gasteiger partial charge in [0.25, 0.3) is 0 Å². The van der Waals surface area contributed by atoms with Crippen molar-refractivity contribution in [3.63, 3.8) is 0 Å². The monoisotopic (exact) mass is 210 g/mol. The van der Waals surface area contributed by atoms with Gasteiger partial charge in [-0.25, -0.2) is 0 Å². The van der Waals surface area contributed by atoms with Crippen LogP contribution >= 0.6 is 0 Å². The van der Waals surface area contributed by atoms with Crippen LogP contribution in [0.5, 0.6) is 0 Å². The number of rotatable bonds is 8. The summed E-state index contributed by atoms with van der Waals surface area (Å²) in [7, 11) is 0. The fourth-order valence-corrected chi connectivity index (χ4v) is 1.22. The molecule has 0 heterocycles. The van der Waals surface area contributed by atoms with E-state index in [-0.39, 0.29) is 18.4 Å². The Morgan fingerprint density at radius 3 is 2.80 bits per heavy atom. The molecule has 0 aliphatic carbocycles. The Hall–Kier alpha value is -1.37. The van der Waals surface area contributed by atoms with Crippen molar-refractivity contribution in [3.8, 4) is 6.07 Å². The summed E-state index contributed by atoms with van der Waals surface area (Å²) in [5, 5.41) is 11.0. The molecule has 0 saturated heterocycles. The number of carbonyl (C=O) groups excluding carboxylic acids is 2. The summed E-state index contributed by atoms with van der Waals surface area (Å²) < 4.78 is 0. The molecule has 0 aromatic carbocycles. The third kappa shape index (κ3) is 8.95. The SMILES string of the molecule is CC(C#N)CCCCCC(=O)NCC=O. The molecule has 0 radical (unpaired) electrons. The van der Waals surface area contributed by atoms with Crippen LogP contribution in [0.3, 0.4) is 0 Å². The maximum absolute atomic E-state index is 11.0. The van der Waals surface area contributed by atoms with E-state index in [1.54, 1.807) is 0 Å². The minimum Gasteiger partial charge on any atom is -0.349 e. The van der Waals surface area contributed by atoms with E-state index in [0.29, 0.717) is 12.7 Å². The molecule has 1 atom stereocenters. The van der Waals surface area contributed by atoms with E-state index in [4.69, 9.17) is 5.26 Å². The molecule has 84 valence electrons. The van der Waals surface area contributed by atoms with Crippen molar-refractivity contribution < 1.29 is 9.59 Å². The highest BCUT2D eigenvalue weighted by Crippen LogP contribution is 2.09. The highest BCUT2D eigenvalue weighted by molar-refractivity contribution is 5.78. The van der Waals surface area contributed by atoms with E-state index in [2.05, 4.69) is 11.4 Å². The van der Waals surface area contributed by atoms with E-state index in [1.165, 1.54) is 0 Å². The Morgan fingerprint density at radius 1 is 1.47 bits per heavy atom. The minimum atomic E-state index is -0.0737. The summed E-state index contributed by atoms with van der Waals surface area (Å²) in [6.45, 7) is 2.00. The van der Waals surface area contributed by atoms with Crippen LogP contribution < -0.4 is 5.32 Å². The van der Waals surface area contributed by atoms with Crippen molar-refractivity contribution in [1.82, 2.24) is 5.32 Å². The molecular weight excluding hydrogens is 192 g/mol. The molecule has 15 heavy (non-hydrogen) atoms. The van der Waals surface area contributed by atoms with E-state index in [1.807, 2.05) is 6.92 Å². The normalized spacial score (nSPS) is 11.5. The molecule has 4 nitrogen and oxygen atoms in total. The summed E-state index contributed by atoms with van der Waals surface area (Å²) >= 11 is 0. The fourth-order valence-electron chi connectivity index (χ4n) is 1.22. The van der Waals surface area contributed by atoms with Gasteiger partial charge in [-0.15, -0.1) is 0 Å². The number of amides is 1. The molecule has 0 bridgehead atoms. The van der Waals surface area contributed by atoms with Gasteiger partial charge >= 0.3 is 0 Å². The minimum absolute atomic E-state index is 0.0737. The fraction of sp³-hybridized carbons (Fsp3) is 0.727. The Bertz CT molecular complexity index is 233. The number of unbranched alkanes of at least 4 members (excludes halogenated alkanes) is 2. The first-order chi connectivity index (χ1) is 7.20. The quantitative estimate of drug-likeness (QED) is 0.486. The smallest absolute Gasteiger partial charge is 0.220 e. The second-order valence-electron chi connectivity index (χ2n) is 3.60. The van der Waals surface area contributed by atoms with Crippen LogP contribution in [0.4, 0.5) is 0 Å². The first kappa shape index (κ1) is 13.6. The highest BCUT2D eigenvalue weighted by Gasteiger charge is 2.01. The van der Waals surface area contributed by atoms with Crippen molar-refractivity contribution >= 4 is 12.2 Å². The van der Waals surface area contributed by atoms with Gasteiger partial charge in [-0.05, 0) is 19.8 Å². The summed E-state index contributed by atoms with van der Waals surface area (Å²) in [5.41, 5.74) is 0. The lowest BCUT2D eigenvalue weighted by molar-refractivity contribution is -0.122. The molecule has 0 aromatic rings. The first-order valence-corrected chi connectivity index (χ1v) is 5.30. The van der Waals surface area contributed by atoms with Crippen LogP contribution in [-0.2, 0) is 9.59 Å². The van der Waals surface area contributed by atoms with E-state index >= 15 is 0 Å². The van der Waals surface area contributed by atoms with Gasteiger partial charge in [-0.2, -0.15) is 5.26 Å². The van der Waals surface area contributed by atoms with Crippen molar-refractivity contribution in [2.45, 2.75) is 39.0 Å². The summed E-state index contributed by atoms with van der Waals surface area (Å²) in [4.78, 5) is 21.0. The molecule has 0 rings (SSSR count). The molecule has 4 heteroatoms. The van der Waals surface area contributed by atoms with Crippen LogP contribution in [0.2, 0.25) is 0 Å². The molecule has 1 unspecified atom stereocenters. The van der Waals surface area contributed by atoms with Gasteiger partial charge in [0.05, 0.1) is 12.6 Å². The van der Waals surface area contributed by atoms with Crippen molar-refractivity contribution in [2.24, 2.45) is 5.92 Å². The van der Waals surface area contributed by atoms with Crippen LogP contribution in [0.25, 0.3) is 0 Å². The third-order valence-electron chi connectivity index (χ3n) is 2.14. The molecule has 0 spiro atoms. The Balaban J connectivity index is 3.27. The van der Waals surface area contributed by atoms with E-state index in [0.717, 1.165) is 25.7 Å². The van der Waals surface area contributed by atoms with Crippen LogP contribution in [0.15, 0.2) is 0 Å². The molecule has 1 amide bonds. The van der Waals surface area contributed by atoms with Gasteiger partial charge in [0, 0.05) is 12.3 Å². The second kappa shape index (κ2) is 9.20. The largest absolute Gasteiger partial charge is 0.349 e. The molecule has 0 fully saturated rings. The van der Waals surface area contributed by atoms with Gasteiger partial charge in [0.1, 0.15) is 6.29 Å². The van der Waals surface area contributed by atoms with Gasteiger partial charge in [-0.3, -0.25) is 4.79 Å². The number of nitriles is 1. The molecule has 0 aliphatic heterocycles. The molecule has 0 aromatic heterocycles. The predicted octanol–water partition coefficient (Wildman–Crippen LogP) is 1.41. The molecule has 0 saturated carbocycles. The lowest BCUT2D eigenvalue weighted by Gasteiger charge is -2.02. The maximum Gasteiger partial charge on any atom is 0.220 e. The van der Waals surface area contributed by atoms with Crippen LogP contribution in [0, 0.1) is 17.2 Å². The summed E-state index contributed by atoms with van der Waals surface area (Å²) in [5.74, 6) is 0.0318. The molecule has 0 aliphatic rings. The molecule has 1 N–H and O–H groups in total. The highest BCUT2D eigenvalue weighted by atomic mass is 16.2. The van der Waals surface area contributed by atoms with Gasteiger partial charge in [0.2, 0.25) is 5.91 Å².